The van der Waals surface area contributed by atoms with Gasteiger partial charge in [-0.2, -0.15) is 10.4 Å². The van der Waals surface area contributed by atoms with Crippen molar-refractivity contribution < 1.29 is 14.6 Å². The van der Waals surface area contributed by atoms with E-state index in [1.54, 1.807) is 10.9 Å². The second kappa shape index (κ2) is 11.1. The molecule has 0 spiro atoms. The largest absolute Gasteiger partial charge is 0.390 e. The highest BCUT2D eigenvalue weighted by Crippen LogP contribution is 2.62. The van der Waals surface area contributed by atoms with Crippen molar-refractivity contribution in [2.45, 2.75) is 104 Å². The van der Waals surface area contributed by atoms with Gasteiger partial charge in [0.15, 0.2) is 5.78 Å². The van der Waals surface area contributed by atoms with Crippen molar-refractivity contribution in [3.05, 3.63) is 18.0 Å². The zero-order valence-electron chi connectivity index (χ0n) is 22.0. The topological polar surface area (TPSA) is 88.1 Å². The highest BCUT2D eigenvalue weighted by molar-refractivity contribution is 5.82. The first-order valence-electron chi connectivity index (χ1n) is 14.0. The van der Waals surface area contributed by atoms with Gasteiger partial charge >= 0.3 is 0 Å². The Labute approximate surface area is 211 Å². The molecule has 3 fully saturated rings. The van der Waals surface area contributed by atoms with Crippen LogP contribution in [0.1, 0.15) is 97.0 Å². The summed E-state index contributed by atoms with van der Waals surface area (Å²) in [6.07, 6.45) is 15.3. The van der Waals surface area contributed by atoms with Gasteiger partial charge in [-0.05, 0) is 107 Å². The van der Waals surface area contributed by atoms with Gasteiger partial charge in [0.1, 0.15) is 6.07 Å². The maximum absolute atomic E-state index is 13.3. The Balaban J connectivity index is 1.30. The van der Waals surface area contributed by atoms with Crippen LogP contribution in [0.5, 0.6) is 0 Å². The number of Topliss-reactive ketones (excluding diaryl/α,β-unsaturated/α-hetero) is 1. The molecule has 0 radical (unpaired) electrons. The van der Waals surface area contributed by atoms with Gasteiger partial charge in [-0.3, -0.25) is 9.48 Å². The van der Waals surface area contributed by atoms with Gasteiger partial charge < -0.3 is 9.84 Å². The van der Waals surface area contributed by atoms with E-state index in [4.69, 9.17) is 10.00 Å². The van der Waals surface area contributed by atoms with E-state index in [9.17, 15) is 9.90 Å². The van der Waals surface area contributed by atoms with Crippen LogP contribution in [0.25, 0.3) is 0 Å². The summed E-state index contributed by atoms with van der Waals surface area (Å²) in [6, 6.07) is 2.09. The van der Waals surface area contributed by atoms with Gasteiger partial charge in [-0.25, -0.2) is 0 Å². The van der Waals surface area contributed by atoms with Crippen LogP contribution in [0, 0.1) is 46.3 Å². The Morgan fingerprint density at radius 1 is 1.31 bits per heavy atom. The monoisotopic (exact) mass is 483 g/mol. The summed E-state index contributed by atoms with van der Waals surface area (Å²) in [4.78, 5) is 13.3. The van der Waals surface area contributed by atoms with Crippen LogP contribution in [-0.2, 0) is 16.1 Å². The molecule has 194 valence electrons. The van der Waals surface area contributed by atoms with Crippen molar-refractivity contribution in [1.29, 1.82) is 5.26 Å². The minimum Gasteiger partial charge on any atom is -0.390 e. The average Bonchev–Trinajstić information content (AvgIpc) is 3.42. The molecular formula is C29H45N3O3. The molecule has 0 amide bonds. The number of hydrogen-bond acceptors (Lipinski definition) is 5. The fraction of sp³-hybridized carbons (Fsp3) is 0.828. The second-order valence-corrected chi connectivity index (χ2v) is 12.2. The number of carbonyl (C=O) groups is 1. The van der Waals surface area contributed by atoms with Gasteiger partial charge in [-0.15, -0.1) is 0 Å². The Bertz CT molecular complexity index is 903. The first kappa shape index (κ1) is 26.4. The molecule has 6 nitrogen and oxygen atoms in total. The van der Waals surface area contributed by atoms with Gasteiger partial charge in [0.25, 0.3) is 0 Å². The molecular weight excluding hydrogens is 438 g/mol. The number of fused-ring (bicyclic) bond motifs is 3. The SMILES string of the molecule is CCOCCCCC(C)(O)C[C@H]1CC[C@@H]2[C@H](CC[C@]3(C)[C@@H](C(=O)Cn4cc(C#N)cn4)CC[C@@H]23)C1. The van der Waals surface area contributed by atoms with Crippen LogP contribution in [0.4, 0.5) is 0 Å². The molecule has 1 N–H and O–H groups in total. The van der Waals surface area contributed by atoms with Crippen molar-refractivity contribution in [2.24, 2.45) is 35.0 Å². The molecule has 7 atom stereocenters. The lowest BCUT2D eigenvalue weighted by atomic mass is 9.53. The molecule has 3 aliphatic carbocycles. The van der Waals surface area contributed by atoms with Crippen LogP contribution < -0.4 is 0 Å². The van der Waals surface area contributed by atoms with E-state index >= 15 is 0 Å². The quantitative estimate of drug-likeness (QED) is 0.418. The number of nitrogens with zero attached hydrogens (tertiary/aromatic N) is 3. The molecule has 3 saturated carbocycles. The lowest BCUT2D eigenvalue weighted by Gasteiger charge is -2.52. The number of ether oxygens (including phenoxy) is 1. The van der Waals surface area contributed by atoms with Gasteiger partial charge in [0, 0.05) is 25.3 Å². The van der Waals surface area contributed by atoms with Gasteiger partial charge in [0.2, 0.25) is 0 Å². The Hall–Kier alpha value is -1.71. The summed E-state index contributed by atoms with van der Waals surface area (Å²) in [6.45, 7) is 8.29. The predicted molar refractivity (Wildman–Crippen MR) is 135 cm³/mol. The summed E-state index contributed by atoms with van der Waals surface area (Å²) >= 11 is 0. The highest BCUT2D eigenvalue weighted by atomic mass is 16.5. The molecule has 1 heterocycles. The normalized spacial score (nSPS) is 34.0. The van der Waals surface area contributed by atoms with Crippen molar-refractivity contribution in [2.75, 3.05) is 13.2 Å². The molecule has 1 unspecified atom stereocenters. The van der Waals surface area contributed by atoms with Crippen LogP contribution in [0.3, 0.4) is 0 Å². The maximum Gasteiger partial charge on any atom is 0.157 e. The van der Waals surface area contributed by atoms with Crippen molar-refractivity contribution in [3.63, 3.8) is 0 Å². The smallest absolute Gasteiger partial charge is 0.157 e. The summed E-state index contributed by atoms with van der Waals surface area (Å²) in [7, 11) is 0. The molecule has 0 aromatic carbocycles. The summed E-state index contributed by atoms with van der Waals surface area (Å²) in [5.74, 6) is 3.14. The number of rotatable bonds is 11. The molecule has 1 aromatic heterocycles. The fourth-order valence-corrected chi connectivity index (χ4v) is 8.14. The van der Waals surface area contributed by atoms with Crippen LogP contribution in [0.2, 0.25) is 0 Å². The van der Waals surface area contributed by atoms with E-state index in [1.807, 2.05) is 13.8 Å². The lowest BCUT2D eigenvalue weighted by molar-refractivity contribution is -0.130. The van der Waals surface area contributed by atoms with Crippen LogP contribution in [-0.4, -0.2) is 39.5 Å². The lowest BCUT2D eigenvalue weighted by Crippen LogP contribution is -2.46. The number of carbonyl (C=O) groups excluding carboxylic acids is 1. The number of nitriles is 1. The third-order valence-electron chi connectivity index (χ3n) is 9.79. The fourth-order valence-electron chi connectivity index (χ4n) is 8.14. The third kappa shape index (κ3) is 6.00. The molecule has 35 heavy (non-hydrogen) atoms. The molecule has 0 saturated heterocycles. The third-order valence-corrected chi connectivity index (χ3v) is 9.79. The summed E-state index contributed by atoms with van der Waals surface area (Å²) in [5, 5.41) is 24.3. The van der Waals surface area contributed by atoms with Gasteiger partial charge in [-0.1, -0.05) is 13.3 Å². The number of aliphatic hydroxyl groups is 1. The van der Waals surface area contributed by atoms with E-state index in [-0.39, 0.29) is 23.7 Å². The molecule has 0 aliphatic heterocycles. The molecule has 0 bridgehead atoms. The number of hydrogen-bond donors (Lipinski definition) is 1. The van der Waals surface area contributed by atoms with E-state index in [1.165, 1.54) is 38.3 Å². The molecule has 6 heteroatoms. The Morgan fingerprint density at radius 3 is 2.89 bits per heavy atom. The van der Waals surface area contributed by atoms with E-state index in [2.05, 4.69) is 18.1 Å². The maximum atomic E-state index is 13.3. The zero-order valence-corrected chi connectivity index (χ0v) is 22.0. The first-order valence-corrected chi connectivity index (χ1v) is 14.0. The van der Waals surface area contributed by atoms with Crippen LogP contribution in [0.15, 0.2) is 12.4 Å². The van der Waals surface area contributed by atoms with Crippen molar-refractivity contribution >= 4 is 5.78 Å². The van der Waals surface area contributed by atoms with Crippen molar-refractivity contribution in [3.8, 4) is 6.07 Å². The minimum atomic E-state index is -0.574. The second-order valence-electron chi connectivity index (χ2n) is 12.2. The first-order chi connectivity index (χ1) is 16.8. The van der Waals surface area contributed by atoms with E-state index in [0.717, 1.165) is 63.6 Å². The van der Waals surface area contributed by atoms with E-state index in [0.29, 0.717) is 17.4 Å². The number of ketones is 1. The van der Waals surface area contributed by atoms with Gasteiger partial charge in [0.05, 0.1) is 23.9 Å². The Morgan fingerprint density at radius 2 is 2.14 bits per heavy atom. The average molecular weight is 484 g/mol. The zero-order chi connectivity index (χ0) is 25.1. The highest BCUT2D eigenvalue weighted by Gasteiger charge is 2.56. The Kier molecular flexibility index (Phi) is 8.38. The van der Waals surface area contributed by atoms with E-state index < -0.39 is 5.60 Å². The molecule has 3 aliphatic rings. The standard InChI is InChI=1S/C29H45N3O3/c1-4-35-14-6-5-12-28(2,34)16-21-7-8-24-23(15-21)11-13-29(3)25(24)9-10-26(29)27(33)20-32-19-22(17-30)18-31-32/h18-19,21,23-26,34H,4-16,20H2,1-3H3/t21-,23+,24+,25-,26+,28?,29-/m0/s1. The predicted octanol–water partition coefficient (Wildman–Crippen LogP) is 5.53. The summed E-state index contributed by atoms with van der Waals surface area (Å²) < 4.78 is 7.07. The van der Waals surface area contributed by atoms with Crippen LogP contribution >= 0.6 is 0 Å². The number of aromatic nitrogens is 2. The minimum absolute atomic E-state index is 0.0996. The summed E-state index contributed by atoms with van der Waals surface area (Å²) in [5.41, 5.74) is 0.0351. The molecule has 1 aromatic rings. The number of unbranched alkanes of at least 4 members (excludes halogenated alkanes) is 1. The molecule has 4 rings (SSSR count). The van der Waals surface area contributed by atoms with Crippen molar-refractivity contribution in [1.82, 2.24) is 9.78 Å².